The maximum atomic E-state index is 12.6. The molecule has 134 valence electrons. The van der Waals surface area contributed by atoms with Gasteiger partial charge < -0.3 is 15.3 Å². The summed E-state index contributed by atoms with van der Waals surface area (Å²) in [5, 5.41) is 12.9. The van der Waals surface area contributed by atoms with Gasteiger partial charge in [-0.3, -0.25) is 4.79 Å². The zero-order chi connectivity index (χ0) is 16.2. The summed E-state index contributed by atoms with van der Waals surface area (Å²) in [7, 11) is 0. The largest absolute Gasteiger partial charge is 0.396 e. The maximum Gasteiger partial charge on any atom is 0.253 e. The number of carbonyl (C=O) groups is 1. The smallest absolute Gasteiger partial charge is 0.253 e. The number of benzene rings is 1. The highest BCUT2D eigenvalue weighted by atomic mass is 35.5. The Morgan fingerprint density at radius 3 is 2.46 bits per heavy atom. The number of hydrogen-bond acceptors (Lipinski definition) is 3. The number of likely N-dealkylation sites (tertiary alicyclic amines) is 1. The summed E-state index contributed by atoms with van der Waals surface area (Å²) in [6.45, 7) is 6.04. The van der Waals surface area contributed by atoms with E-state index in [0.717, 1.165) is 51.0 Å². The standard InChI is InChI=1S/C19H28N2O2.ClH/c1-2-14-3-5-16(6-4-14)19(23)21-9-7-15(8-10-21)18-12-20-11-17(18)13-22;/h3-6,15,17-18,20,22H,2,7-13H2,1H3;1H/t17-,18-;/m0./s1. The minimum absolute atomic E-state index is 0. The fourth-order valence-corrected chi connectivity index (χ4v) is 4.10. The van der Waals surface area contributed by atoms with Gasteiger partial charge in [-0.15, -0.1) is 12.4 Å². The van der Waals surface area contributed by atoms with Crippen LogP contribution in [0.15, 0.2) is 24.3 Å². The molecule has 0 spiro atoms. The Balaban J connectivity index is 0.00000208. The second-order valence-corrected chi connectivity index (χ2v) is 6.94. The summed E-state index contributed by atoms with van der Waals surface area (Å²) in [6, 6.07) is 8.01. The first-order valence-corrected chi connectivity index (χ1v) is 8.92. The van der Waals surface area contributed by atoms with E-state index < -0.39 is 0 Å². The summed E-state index contributed by atoms with van der Waals surface area (Å²) in [6.07, 6.45) is 3.12. The van der Waals surface area contributed by atoms with Crippen molar-refractivity contribution in [1.29, 1.82) is 0 Å². The molecule has 0 aromatic heterocycles. The number of nitrogens with zero attached hydrogens (tertiary/aromatic N) is 1. The van der Waals surface area contributed by atoms with E-state index in [-0.39, 0.29) is 24.9 Å². The van der Waals surface area contributed by atoms with Crippen molar-refractivity contribution in [2.75, 3.05) is 32.8 Å². The third kappa shape index (κ3) is 4.11. The normalized spacial score (nSPS) is 24.7. The molecule has 1 aromatic carbocycles. The second-order valence-electron chi connectivity index (χ2n) is 6.94. The molecule has 2 fully saturated rings. The summed E-state index contributed by atoms with van der Waals surface area (Å²) in [4.78, 5) is 14.6. The highest BCUT2D eigenvalue weighted by molar-refractivity contribution is 5.94. The van der Waals surface area contributed by atoms with Crippen LogP contribution in [-0.4, -0.2) is 48.7 Å². The van der Waals surface area contributed by atoms with Gasteiger partial charge in [0.1, 0.15) is 0 Å². The Morgan fingerprint density at radius 1 is 1.21 bits per heavy atom. The molecule has 1 amide bonds. The van der Waals surface area contributed by atoms with Crippen LogP contribution in [0.3, 0.4) is 0 Å². The molecule has 2 N–H and O–H groups in total. The molecule has 2 aliphatic rings. The van der Waals surface area contributed by atoms with E-state index in [1.54, 1.807) is 0 Å². The first-order chi connectivity index (χ1) is 11.2. The summed E-state index contributed by atoms with van der Waals surface area (Å²) < 4.78 is 0. The van der Waals surface area contributed by atoms with Gasteiger partial charge in [0.05, 0.1) is 0 Å². The van der Waals surface area contributed by atoms with Crippen molar-refractivity contribution in [3.8, 4) is 0 Å². The van der Waals surface area contributed by atoms with Crippen LogP contribution in [-0.2, 0) is 6.42 Å². The molecule has 0 bridgehead atoms. The lowest BCUT2D eigenvalue weighted by Gasteiger charge is -2.36. The van der Waals surface area contributed by atoms with Gasteiger partial charge in [-0.05, 0) is 61.3 Å². The number of piperidine rings is 1. The Morgan fingerprint density at radius 2 is 1.88 bits per heavy atom. The number of halogens is 1. The molecule has 3 rings (SSSR count). The van der Waals surface area contributed by atoms with E-state index in [2.05, 4.69) is 24.4 Å². The third-order valence-electron chi connectivity index (χ3n) is 5.67. The van der Waals surface area contributed by atoms with Crippen molar-refractivity contribution in [3.63, 3.8) is 0 Å². The number of amides is 1. The molecule has 0 unspecified atom stereocenters. The Bertz CT molecular complexity index is 527. The number of aryl methyl sites for hydroxylation is 1. The predicted molar refractivity (Wildman–Crippen MR) is 98.6 cm³/mol. The Hall–Kier alpha value is -1.10. The van der Waals surface area contributed by atoms with Crippen molar-refractivity contribution in [3.05, 3.63) is 35.4 Å². The summed E-state index contributed by atoms with van der Waals surface area (Å²) in [5.41, 5.74) is 2.07. The lowest BCUT2D eigenvalue weighted by Crippen LogP contribution is -2.41. The third-order valence-corrected chi connectivity index (χ3v) is 5.67. The molecule has 4 nitrogen and oxygen atoms in total. The van der Waals surface area contributed by atoms with E-state index in [1.165, 1.54) is 5.56 Å². The zero-order valence-corrected chi connectivity index (χ0v) is 15.2. The van der Waals surface area contributed by atoms with Crippen LogP contribution in [0.1, 0.15) is 35.7 Å². The van der Waals surface area contributed by atoms with Crippen LogP contribution in [0.4, 0.5) is 0 Å². The van der Waals surface area contributed by atoms with Crippen molar-refractivity contribution in [1.82, 2.24) is 10.2 Å². The van der Waals surface area contributed by atoms with E-state index in [4.69, 9.17) is 0 Å². The second kappa shape index (κ2) is 8.84. The topological polar surface area (TPSA) is 52.6 Å². The number of rotatable bonds is 4. The molecule has 1 aromatic rings. The minimum atomic E-state index is 0. The molecule has 2 aliphatic heterocycles. The molecule has 0 saturated carbocycles. The maximum absolute atomic E-state index is 12.6. The highest BCUT2D eigenvalue weighted by Crippen LogP contribution is 2.32. The first-order valence-electron chi connectivity index (χ1n) is 8.92. The molecule has 0 aliphatic carbocycles. The van der Waals surface area contributed by atoms with Crippen LogP contribution in [0, 0.1) is 17.8 Å². The van der Waals surface area contributed by atoms with Gasteiger partial charge in [-0.1, -0.05) is 19.1 Å². The minimum Gasteiger partial charge on any atom is -0.396 e. The first kappa shape index (κ1) is 19.2. The average molecular weight is 353 g/mol. The number of nitrogens with one attached hydrogen (secondary N) is 1. The van der Waals surface area contributed by atoms with Crippen LogP contribution in [0.5, 0.6) is 0 Å². The predicted octanol–water partition coefficient (Wildman–Crippen LogP) is 2.35. The molecule has 24 heavy (non-hydrogen) atoms. The fourth-order valence-electron chi connectivity index (χ4n) is 4.10. The fraction of sp³-hybridized carbons (Fsp3) is 0.632. The van der Waals surface area contributed by atoms with Gasteiger partial charge in [0.2, 0.25) is 0 Å². The molecule has 5 heteroatoms. The van der Waals surface area contributed by atoms with Crippen LogP contribution in [0.2, 0.25) is 0 Å². The molecule has 2 heterocycles. The summed E-state index contributed by atoms with van der Waals surface area (Å²) >= 11 is 0. The van der Waals surface area contributed by atoms with Gasteiger partial charge in [0, 0.05) is 31.8 Å². The van der Waals surface area contributed by atoms with E-state index in [1.807, 2.05) is 17.0 Å². The highest BCUT2D eigenvalue weighted by Gasteiger charge is 2.35. The average Bonchev–Trinajstić information content (AvgIpc) is 3.10. The molecular weight excluding hydrogens is 324 g/mol. The molecular formula is C19H29ClN2O2. The van der Waals surface area contributed by atoms with Gasteiger partial charge in [-0.25, -0.2) is 0 Å². The molecule has 0 radical (unpaired) electrons. The van der Waals surface area contributed by atoms with Gasteiger partial charge >= 0.3 is 0 Å². The SMILES string of the molecule is CCc1ccc(C(=O)N2CCC([C@@H]3CNC[C@H]3CO)CC2)cc1.Cl. The number of aliphatic hydroxyl groups excluding tert-OH is 1. The Kier molecular flexibility index (Phi) is 7.08. The van der Waals surface area contributed by atoms with Gasteiger partial charge in [-0.2, -0.15) is 0 Å². The van der Waals surface area contributed by atoms with Crippen LogP contribution >= 0.6 is 12.4 Å². The van der Waals surface area contributed by atoms with Crippen molar-refractivity contribution in [2.45, 2.75) is 26.2 Å². The van der Waals surface area contributed by atoms with E-state index in [0.29, 0.717) is 17.8 Å². The molecule has 2 saturated heterocycles. The van der Waals surface area contributed by atoms with Crippen molar-refractivity contribution in [2.24, 2.45) is 17.8 Å². The molecule has 2 atom stereocenters. The number of hydrogen-bond donors (Lipinski definition) is 2. The van der Waals surface area contributed by atoms with Crippen molar-refractivity contribution < 1.29 is 9.90 Å². The quantitative estimate of drug-likeness (QED) is 0.874. The number of aliphatic hydroxyl groups is 1. The monoisotopic (exact) mass is 352 g/mol. The van der Waals surface area contributed by atoms with Crippen LogP contribution in [0.25, 0.3) is 0 Å². The van der Waals surface area contributed by atoms with E-state index in [9.17, 15) is 9.90 Å². The summed E-state index contributed by atoms with van der Waals surface area (Å²) in [5.74, 6) is 1.76. The van der Waals surface area contributed by atoms with Crippen molar-refractivity contribution >= 4 is 18.3 Å². The lowest BCUT2D eigenvalue weighted by atomic mass is 9.78. The van der Waals surface area contributed by atoms with Gasteiger partial charge in [0.15, 0.2) is 0 Å². The number of carbonyl (C=O) groups excluding carboxylic acids is 1. The zero-order valence-electron chi connectivity index (χ0n) is 14.4. The van der Waals surface area contributed by atoms with Gasteiger partial charge in [0.25, 0.3) is 5.91 Å². The lowest BCUT2D eigenvalue weighted by molar-refractivity contribution is 0.0625. The Labute approximate surface area is 151 Å². The van der Waals surface area contributed by atoms with E-state index >= 15 is 0 Å². The van der Waals surface area contributed by atoms with Crippen LogP contribution < -0.4 is 5.32 Å².